The molecule has 1 saturated heterocycles. The van der Waals surface area contributed by atoms with Gasteiger partial charge in [-0.25, -0.2) is 0 Å². The third-order valence-corrected chi connectivity index (χ3v) is 2.27. The highest BCUT2D eigenvalue weighted by Crippen LogP contribution is 2.18. The van der Waals surface area contributed by atoms with Crippen molar-refractivity contribution in [2.75, 3.05) is 0 Å². The summed E-state index contributed by atoms with van der Waals surface area (Å²) in [5, 5.41) is 3.13. The Morgan fingerprint density at radius 1 is 1.60 bits per heavy atom. The van der Waals surface area contributed by atoms with Crippen LogP contribution in [0, 0.1) is 5.92 Å². The first kappa shape index (κ1) is 7.54. The SMILES string of the molecule is CC1N[C@H](C(N)=O)C[C@@H]1C. The quantitative estimate of drug-likeness (QED) is 0.535. The minimum atomic E-state index is -0.226. The van der Waals surface area contributed by atoms with Gasteiger partial charge in [0, 0.05) is 6.04 Å². The highest BCUT2D eigenvalue weighted by Gasteiger charge is 2.30. The number of carbonyl (C=O) groups is 1. The van der Waals surface area contributed by atoms with Crippen molar-refractivity contribution < 1.29 is 4.79 Å². The summed E-state index contributed by atoms with van der Waals surface area (Å²) in [6, 6.07) is 0.336. The van der Waals surface area contributed by atoms with Gasteiger partial charge in [0.25, 0.3) is 0 Å². The van der Waals surface area contributed by atoms with Crippen molar-refractivity contribution in [3.8, 4) is 0 Å². The fourth-order valence-electron chi connectivity index (χ4n) is 1.32. The molecule has 1 rings (SSSR count). The zero-order chi connectivity index (χ0) is 7.72. The predicted octanol–water partition coefficient (Wildman–Crippen LogP) is -0.142. The van der Waals surface area contributed by atoms with Crippen molar-refractivity contribution >= 4 is 5.91 Å². The van der Waals surface area contributed by atoms with Crippen LogP contribution in [0.25, 0.3) is 0 Å². The summed E-state index contributed by atoms with van der Waals surface area (Å²) in [5.74, 6) is 0.341. The fourth-order valence-corrected chi connectivity index (χ4v) is 1.32. The second-order valence-electron chi connectivity index (χ2n) is 3.12. The van der Waals surface area contributed by atoms with Gasteiger partial charge in [-0.1, -0.05) is 6.92 Å². The molecule has 1 aliphatic rings. The summed E-state index contributed by atoms with van der Waals surface area (Å²) in [7, 11) is 0. The Morgan fingerprint density at radius 3 is 2.40 bits per heavy atom. The van der Waals surface area contributed by atoms with Gasteiger partial charge in [-0.2, -0.15) is 0 Å². The van der Waals surface area contributed by atoms with Crippen LogP contribution in [0.4, 0.5) is 0 Å². The van der Waals surface area contributed by atoms with E-state index in [1.807, 2.05) is 0 Å². The largest absolute Gasteiger partial charge is 0.368 e. The van der Waals surface area contributed by atoms with E-state index < -0.39 is 0 Å². The monoisotopic (exact) mass is 142 g/mol. The zero-order valence-corrected chi connectivity index (χ0v) is 6.42. The number of amides is 1. The van der Waals surface area contributed by atoms with E-state index in [4.69, 9.17) is 5.73 Å². The molecule has 0 aromatic heterocycles. The molecule has 1 fully saturated rings. The van der Waals surface area contributed by atoms with Gasteiger partial charge in [0.05, 0.1) is 6.04 Å². The molecule has 58 valence electrons. The summed E-state index contributed by atoms with van der Waals surface area (Å²) >= 11 is 0. The molecule has 3 heteroatoms. The Balaban J connectivity index is 2.49. The molecule has 3 nitrogen and oxygen atoms in total. The summed E-state index contributed by atoms with van der Waals surface area (Å²) in [5.41, 5.74) is 5.12. The topological polar surface area (TPSA) is 55.1 Å². The lowest BCUT2D eigenvalue weighted by molar-refractivity contribution is -0.119. The average Bonchev–Trinajstić information content (AvgIpc) is 2.13. The van der Waals surface area contributed by atoms with Gasteiger partial charge >= 0.3 is 0 Å². The number of primary amides is 1. The Kier molecular flexibility index (Phi) is 1.94. The molecule has 1 unspecified atom stereocenters. The Bertz CT molecular complexity index is 137. The van der Waals surface area contributed by atoms with E-state index in [1.165, 1.54) is 0 Å². The molecule has 10 heavy (non-hydrogen) atoms. The predicted molar refractivity (Wildman–Crippen MR) is 39.4 cm³/mol. The Morgan fingerprint density at radius 2 is 2.20 bits per heavy atom. The van der Waals surface area contributed by atoms with Crippen LogP contribution >= 0.6 is 0 Å². The third kappa shape index (κ3) is 1.29. The van der Waals surface area contributed by atoms with Gasteiger partial charge in [0.2, 0.25) is 5.91 Å². The standard InChI is InChI=1S/C7H14N2O/c1-4-3-6(7(8)10)9-5(4)2/h4-6,9H,3H2,1-2H3,(H2,8,10)/t4-,5?,6-/m0/s1. The van der Waals surface area contributed by atoms with E-state index in [0.29, 0.717) is 12.0 Å². The first-order valence-corrected chi connectivity index (χ1v) is 3.66. The highest BCUT2D eigenvalue weighted by molar-refractivity contribution is 5.80. The Hall–Kier alpha value is -0.570. The minimum absolute atomic E-state index is 0.0926. The third-order valence-electron chi connectivity index (χ3n) is 2.27. The summed E-state index contributed by atoms with van der Waals surface area (Å²) < 4.78 is 0. The minimum Gasteiger partial charge on any atom is -0.368 e. The van der Waals surface area contributed by atoms with Crippen LogP contribution in [0.1, 0.15) is 20.3 Å². The average molecular weight is 142 g/mol. The van der Waals surface area contributed by atoms with Crippen LogP contribution in [0.2, 0.25) is 0 Å². The normalized spacial score (nSPS) is 40.0. The smallest absolute Gasteiger partial charge is 0.234 e. The maximum Gasteiger partial charge on any atom is 0.234 e. The van der Waals surface area contributed by atoms with Crippen LogP contribution in [-0.4, -0.2) is 18.0 Å². The Labute approximate surface area is 61.0 Å². The molecule has 1 amide bonds. The number of hydrogen-bond donors (Lipinski definition) is 2. The van der Waals surface area contributed by atoms with Gasteiger partial charge < -0.3 is 11.1 Å². The molecule has 0 bridgehead atoms. The molecular weight excluding hydrogens is 128 g/mol. The molecule has 0 aromatic rings. The van der Waals surface area contributed by atoms with Crippen molar-refractivity contribution in [1.29, 1.82) is 0 Å². The molecule has 0 aromatic carbocycles. The maximum absolute atomic E-state index is 10.7. The van der Waals surface area contributed by atoms with E-state index in [9.17, 15) is 4.79 Å². The van der Waals surface area contributed by atoms with Crippen molar-refractivity contribution in [2.24, 2.45) is 11.7 Å². The molecule has 0 saturated carbocycles. The summed E-state index contributed by atoms with van der Waals surface area (Å²) in [6.45, 7) is 4.20. The van der Waals surface area contributed by atoms with Crippen LogP contribution in [0.15, 0.2) is 0 Å². The first-order valence-electron chi connectivity index (χ1n) is 3.66. The zero-order valence-electron chi connectivity index (χ0n) is 6.42. The van der Waals surface area contributed by atoms with Crippen molar-refractivity contribution in [3.05, 3.63) is 0 Å². The highest BCUT2D eigenvalue weighted by atomic mass is 16.1. The lowest BCUT2D eigenvalue weighted by atomic mass is 10.0. The van der Waals surface area contributed by atoms with E-state index in [2.05, 4.69) is 19.2 Å². The van der Waals surface area contributed by atoms with Crippen molar-refractivity contribution in [2.45, 2.75) is 32.4 Å². The van der Waals surface area contributed by atoms with Crippen molar-refractivity contribution in [3.63, 3.8) is 0 Å². The van der Waals surface area contributed by atoms with Crippen LogP contribution in [0.5, 0.6) is 0 Å². The van der Waals surface area contributed by atoms with Gasteiger partial charge in [-0.3, -0.25) is 4.79 Å². The molecular formula is C7H14N2O. The molecule has 1 heterocycles. The number of nitrogens with one attached hydrogen (secondary N) is 1. The van der Waals surface area contributed by atoms with Gasteiger partial charge in [-0.05, 0) is 19.3 Å². The van der Waals surface area contributed by atoms with E-state index in [1.54, 1.807) is 0 Å². The lowest BCUT2D eigenvalue weighted by Crippen LogP contribution is -2.38. The molecule has 1 aliphatic heterocycles. The van der Waals surface area contributed by atoms with E-state index >= 15 is 0 Å². The molecule has 0 spiro atoms. The molecule has 3 atom stereocenters. The van der Waals surface area contributed by atoms with Crippen molar-refractivity contribution in [1.82, 2.24) is 5.32 Å². The lowest BCUT2D eigenvalue weighted by Gasteiger charge is -2.07. The fraction of sp³-hybridized carbons (Fsp3) is 0.857. The molecule has 0 aliphatic carbocycles. The van der Waals surface area contributed by atoms with Crippen LogP contribution in [-0.2, 0) is 4.79 Å². The number of rotatable bonds is 1. The van der Waals surface area contributed by atoms with Crippen LogP contribution in [0.3, 0.4) is 0 Å². The number of nitrogens with two attached hydrogens (primary N) is 1. The van der Waals surface area contributed by atoms with Crippen LogP contribution < -0.4 is 11.1 Å². The second-order valence-corrected chi connectivity index (χ2v) is 3.12. The molecule has 0 radical (unpaired) electrons. The van der Waals surface area contributed by atoms with Gasteiger partial charge in [-0.15, -0.1) is 0 Å². The maximum atomic E-state index is 10.7. The van der Waals surface area contributed by atoms with Gasteiger partial charge in [0.15, 0.2) is 0 Å². The van der Waals surface area contributed by atoms with Gasteiger partial charge in [0.1, 0.15) is 0 Å². The first-order chi connectivity index (χ1) is 4.61. The summed E-state index contributed by atoms with van der Waals surface area (Å²) in [4.78, 5) is 10.7. The second kappa shape index (κ2) is 2.58. The molecule has 3 N–H and O–H groups in total. The summed E-state index contributed by atoms with van der Waals surface area (Å²) in [6.07, 6.45) is 0.885. The number of hydrogen-bond acceptors (Lipinski definition) is 2. The number of carbonyl (C=O) groups excluding carboxylic acids is 1. The van der Waals surface area contributed by atoms with E-state index in [0.717, 1.165) is 6.42 Å². The van der Waals surface area contributed by atoms with E-state index in [-0.39, 0.29) is 11.9 Å².